The number of aryl methyl sites for hydroxylation is 1. The Hall–Kier alpha value is -0.690. The van der Waals surface area contributed by atoms with Crippen LogP contribution < -0.4 is 5.32 Å². The van der Waals surface area contributed by atoms with Crippen molar-refractivity contribution in [3.63, 3.8) is 0 Å². The molecule has 1 aromatic rings. The molecular weight excluding hydrogens is 458 g/mol. The summed E-state index contributed by atoms with van der Waals surface area (Å²) in [7, 11) is 3.46. The van der Waals surface area contributed by atoms with Crippen LogP contribution in [0.3, 0.4) is 0 Å². The van der Waals surface area contributed by atoms with E-state index in [2.05, 4.69) is 15.4 Å². The normalized spacial score (nSPS) is 19.1. The first-order chi connectivity index (χ1) is 10.9. The lowest BCUT2D eigenvalue weighted by molar-refractivity contribution is -0.0327. The summed E-state index contributed by atoms with van der Waals surface area (Å²) >= 11 is -0.0389. The van der Waals surface area contributed by atoms with Gasteiger partial charge in [-0.2, -0.15) is 18.3 Å². The van der Waals surface area contributed by atoms with Crippen LogP contribution in [0.15, 0.2) is 17.4 Å². The van der Waals surface area contributed by atoms with Gasteiger partial charge in [0.1, 0.15) is 6.10 Å². The van der Waals surface area contributed by atoms with Crippen LogP contribution in [0.2, 0.25) is 0 Å². The molecule has 1 N–H and O–H groups in total. The van der Waals surface area contributed by atoms with Crippen molar-refractivity contribution in [1.29, 1.82) is 0 Å². The van der Waals surface area contributed by atoms with Gasteiger partial charge in [0.15, 0.2) is 5.96 Å². The van der Waals surface area contributed by atoms with Gasteiger partial charge in [0.25, 0.3) is 0 Å². The summed E-state index contributed by atoms with van der Waals surface area (Å²) in [5.74, 6) is 0.531. The van der Waals surface area contributed by atoms with E-state index in [1.807, 2.05) is 18.1 Å². The van der Waals surface area contributed by atoms with Crippen LogP contribution in [0.25, 0.3) is 0 Å². The van der Waals surface area contributed by atoms with Gasteiger partial charge < -0.3 is 15.0 Å². The van der Waals surface area contributed by atoms with Crippen molar-refractivity contribution in [2.24, 2.45) is 12.0 Å². The van der Waals surface area contributed by atoms with Gasteiger partial charge in [0, 0.05) is 44.7 Å². The Morgan fingerprint density at radius 1 is 1.54 bits per heavy atom. The van der Waals surface area contributed by atoms with E-state index in [1.165, 1.54) is 0 Å². The summed E-state index contributed by atoms with van der Waals surface area (Å²) in [5.41, 5.74) is -3.23. The molecule has 2 rings (SSSR count). The summed E-state index contributed by atoms with van der Waals surface area (Å²) in [5, 5.41) is 7.10. The van der Waals surface area contributed by atoms with Gasteiger partial charge in [-0.05, 0) is 11.8 Å². The first kappa shape index (κ1) is 21.4. The van der Waals surface area contributed by atoms with Crippen molar-refractivity contribution < 1.29 is 17.9 Å². The molecule has 0 aliphatic carbocycles. The van der Waals surface area contributed by atoms with E-state index in [0.717, 1.165) is 5.56 Å². The number of aliphatic imine (C=N–C) groups is 1. The average molecular weight is 479 g/mol. The topological polar surface area (TPSA) is 54.7 Å². The van der Waals surface area contributed by atoms with E-state index >= 15 is 0 Å². The zero-order chi connectivity index (χ0) is 16.9. The monoisotopic (exact) mass is 479 g/mol. The standard InChI is InChI=1S/C13H20F3N5OS.HI/c1-17-12(18-3-6-23-13(14,15)16)21-4-5-22-11(9-21)10-7-19-20(2)8-10;/h7-8,11H,3-6,9H2,1-2H3,(H,17,18);1H. The second-order valence-corrected chi connectivity index (χ2v) is 6.18. The molecule has 2 heterocycles. The molecule has 1 atom stereocenters. The number of halogens is 4. The third kappa shape index (κ3) is 6.67. The molecule has 11 heteroatoms. The molecule has 0 saturated carbocycles. The van der Waals surface area contributed by atoms with Crippen LogP contribution in [0.4, 0.5) is 13.2 Å². The molecule has 0 radical (unpaired) electrons. The second kappa shape index (κ2) is 9.70. The minimum absolute atomic E-state index is 0. The maximum absolute atomic E-state index is 12.1. The van der Waals surface area contributed by atoms with E-state index in [9.17, 15) is 13.2 Å². The van der Waals surface area contributed by atoms with Gasteiger partial charge in [-0.15, -0.1) is 24.0 Å². The molecule has 1 aliphatic rings. The maximum Gasteiger partial charge on any atom is 0.441 e. The summed E-state index contributed by atoms with van der Waals surface area (Å²) in [4.78, 5) is 6.13. The van der Waals surface area contributed by atoms with Crippen molar-refractivity contribution >= 4 is 41.7 Å². The largest absolute Gasteiger partial charge is 0.441 e. The first-order valence-electron chi connectivity index (χ1n) is 7.15. The molecule has 138 valence electrons. The third-order valence-electron chi connectivity index (χ3n) is 3.33. The number of aromatic nitrogens is 2. The fraction of sp³-hybridized carbons (Fsp3) is 0.692. The molecule has 0 bridgehead atoms. The van der Waals surface area contributed by atoms with Crippen LogP contribution in [-0.2, 0) is 11.8 Å². The number of nitrogens with zero attached hydrogens (tertiary/aromatic N) is 4. The Balaban J connectivity index is 0.00000288. The Bertz CT molecular complexity index is 540. The summed E-state index contributed by atoms with van der Waals surface area (Å²) < 4.78 is 43.8. The predicted octanol–water partition coefficient (Wildman–Crippen LogP) is 2.24. The van der Waals surface area contributed by atoms with Crippen molar-refractivity contribution in [2.75, 3.05) is 39.0 Å². The zero-order valence-corrected chi connectivity index (χ0v) is 16.6. The Morgan fingerprint density at radius 2 is 2.29 bits per heavy atom. The van der Waals surface area contributed by atoms with Crippen molar-refractivity contribution in [3.05, 3.63) is 18.0 Å². The highest BCUT2D eigenvalue weighted by Gasteiger charge is 2.28. The van der Waals surface area contributed by atoms with Crippen LogP contribution in [-0.4, -0.2) is 65.2 Å². The number of guanidine groups is 1. The van der Waals surface area contributed by atoms with Gasteiger partial charge >= 0.3 is 5.51 Å². The molecule has 1 aliphatic heterocycles. The van der Waals surface area contributed by atoms with Crippen molar-refractivity contribution in [3.8, 4) is 0 Å². The van der Waals surface area contributed by atoms with Crippen molar-refractivity contribution in [2.45, 2.75) is 11.6 Å². The maximum atomic E-state index is 12.1. The molecule has 6 nitrogen and oxygen atoms in total. The van der Waals surface area contributed by atoms with Gasteiger partial charge in [-0.1, -0.05) is 0 Å². The van der Waals surface area contributed by atoms with Crippen LogP contribution in [0.5, 0.6) is 0 Å². The van der Waals surface area contributed by atoms with E-state index in [1.54, 1.807) is 17.9 Å². The molecule has 1 aromatic heterocycles. The molecule has 1 saturated heterocycles. The first-order valence-corrected chi connectivity index (χ1v) is 8.14. The quantitative estimate of drug-likeness (QED) is 0.311. The van der Waals surface area contributed by atoms with E-state index in [-0.39, 0.29) is 54.1 Å². The number of hydrogen-bond donors (Lipinski definition) is 1. The predicted molar refractivity (Wildman–Crippen MR) is 98.8 cm³/mol. The van der Waals surface area contributed by atoms with Crippen molar-refractivity contribution in [1.82, 2.24) is 20.0 Å². The van der Waals surface area contributed by atoms with E-state index in [0.29, 0.717) is 25.7 Å². The lowest BCUT2D eigenvalue weighted by Gasteiger charge is -2.34. The highest BCUT2D eigenvalue weighted by atomic mass is 127. The zero-order valence-electron chi connectivity index (χ0n) is 13.4. The molecule has 0 amide bonds. The Morgan fingerprint density at radius 3 is 2.88 bits per heavy atom. The lowest BCUT2D eigenvalue weighted by Crippen LogP contribution is -2.48. The number of morpholine rings is 1. The fourth-order valence-electron chi connectivity index (χ4n) is 2.31. The third-order valence-corrected chi connectivity index (χ3v) is 4.06. The number of rotatable bonds is 4. The van der Waals surface area contributed by atoms with Gasteiger partial charge in [0.2, 0.25) is 0 Å². The summed E-state index contributed by atoms with van der Waals surface area (Å²) in [6, 6.07) is 0. The summed E-state index contributed by atoms with van der Waals surface area (Å²) in [6.45, 7) is 1.95. The highest BCUT2D eigenvalue weighted by molar-refractivity contribution is 14.0. The van der Waals surface area contributed by atoms with Gasteiger partial charge in [-0.25, -0.2) is 0 Å². The smallest absolute Gasteiger partial charge is 0.370 e. The molecule has 1 unspecified atom stereocenters. The lowest BCUT2D eigenvalue weighted by atomic mass is 10.1. The molecule has 0 spiro atoms. The minimum atomic E-state index is -4.20. The number of thioether (sulfide) groups is 1. The number of hydrogen-bond acceptors (Lipinski definition) is 4. The van der Waals surface area contributed by atoms with Crippen LogP contribution >= 0.6 is 35.7 Å². The Kier molecular flexibility index (Phi) is 8.63. The van der Waals surface area contributed by atoms with E-state index < -0.39 is 5.51 Å². The van der Waals surface area contributed by atoms with Crippen LogP contribution in [0, 0.1) is 0 Å². The fourth-order valence-corrected chi connectivity index (χ4v) is 2.75. The van der Waals surface area contributed by atoms with Crippen LogP contribution in [0.1, 0.15) is 11.7 Å². The second-order valence-electron chi connectivity index (χ2n) is 5.02. The number of ether oxygens (including phenoxy) is 1. The van der Waals surface area contributed by atoms with Gasteiger partial charge in [0.05, 0.1) is 19.3 Å². The SMILES string of the molecule is CN=C(NCCSC(F)(F)F)N1CCOC(c2cnn(C)c2)C1.I. The number of nitrogens with one attached hydrogen (secondary N) is 1. The minimum Gasteiger partial charge on any atom is -0.370 e. The number of alkyl halides is 3. The summed E-state index contributed by atoms with van der Waals surface area (Å²) in [6.07, 6.45) is 3.52. The highest BCUT2D eigenvalue weighted by Crippen LogP contribution is 2.29. The molecular formula is C13H21F3IN5OS. The molecule has 24 heavy (non-hydrogen) atoms. The average Bonchev–Trinajstić information content (AvgIpc) is 2.93. The van der Waals surface area contributed by atoms with E-state index in [4.69, 9.17) is 4.74 Å². The van der Waals surface area contributed by atoms with Gasteiger partial charge in [-0.3, -0.25) is 9.67 Å². The Labute approximate surface area is 160 Å². The molecule has 0 aromatic carbocycles. The molecule has 1 fully saturated rings.